The number of unbranched alkanes of at least 4 members (excludes halogenated alkanes) is 2. The van der Waals surface area contributed by atoms with E-state index < -0.39 is 5.97 Å². The van der Waals surface area contributed by atoms with E-state index in [4.69, 9.17) is 4.74 Å². The maximum atomic E-state index is 12.3. The Morgan fingerprint density at radius 1 is 1.25 bits per heavy atom. The van der Waals surface area contributed by atoms with E-state index in [0.29, 0.717) is 28.8 Å². The Hall–Kier alpha value is -2.70. The highest BCUT2D eigenvalue weighted by Crippen LogP contribution is 2.14. The van der Waals surface area contributed by atoms with Crippen molar-refractivity contribution in [1.82, 2.24) is 14.9 Å². The minimum atomic E-state index is -0.593. The fourth-order valence-corrected chi connectivity index (χ4v) is 3.12. The number of amides is 1. The van der Waals surface area contributed by atoms with E-state index in [0.717, 1.165) is 25.7 Å². The summed E-state index contributed by atoms with van der Waals surface area (Å²) in [6.07, 6.45) is 4.23. The molecule has 1 amide bonds. The van der Waals surface area contributed by atoms with Gasteiger partial charge < -0.3 is 14.6 Å². The number of benzene rings is 1. The molecule has 0 fully saturated rings. The third-order valence-corrected chi connectivity index (χ3v) is 4.64. The van der Waals surface area contributed by atoms with Crippen molar-refractivity contribution in [3.8, 4) is 0 Å². The molecule has 28 heavy (non-hydrogen) atoms. The Morgan fingerprint density at radius 3 is 2.68 bits per heavy atom. The van der Waals surface area contributed by atoms with E-state index in [1.165, 1.54) is 0 Å². The first-order chi connectivity index (χ1) is 13.4. The Morgan fingerprint density at radius 2 is 2.00 bits per heavy atom. The molecular weight excluding hydrogens is 358 g/mol. The van der Waals surface area contributed by atoms with Gasteiger partial charge in [0.05, 0.1) is 16.6 Å². The van der Waals surface area contributed by atoms with Crippen LogP contribution < -0.4 is 10.9 Å². The number of ether oxygens (including phenoxy) is 1. The predicted octanol–water partition coefficient (Wildman–Crippen LogP) is 2.97. The zero-order valence-electron chi connectivity index (χ0n) is 17.1. The number of aryl methyl sites for hydroxylation is 2. The van der Waals surface area contributed by atoms with Gasteiger partial charge in [0, 0.05) is 12.6 Å². The molecular formula is C21H29N3O4. The number of hydrogen-bond acceptors (Lipinski definition) is 5. The number of nitrogens with zero attached hydrogens (tertiary/aromatic N) is 2. The van der Waals surface area contributed by atoms with Crippen molar-refractivity contribution in [3.05, 3.63) is 39.8 Å². The summed E-state index contributed by atoms with van der Waals surface area (Å²) in [6.45, 7) is 7.79. The lowest BCUT2D eigenvalue weighted by atomic mass is 10.1. The standard InChI is InChI=1S/C21H29N3O4/c1-5-7-8-9-14(3)22-19(25)13-28-21(27)16-10-11-18-17(12-16)23-15(4)20(26)24(18)6-2/h10-12,14H,5-9,13H2,1-4H3,(H,22,25)/t14-/m1/s1. The van der Waals surface area contributed by atoms with Crippen LogP contribution in [0.1, 0.15) is 62.5 Å². The van der Waals surface area contributed by atoms with E-state index in [1.807, 2.05) is 13.8 Å². The summed E-state index contributed by atoms with van der Waals surface area (Å²) < 4.78 is 6.74. The second kappa shape index (κ2) is 10.0. The van der Waals surface area contributed by atoms with Crippen LogP contribution >= 0.6 is 0 Å². The SMILES string of the molecule is CCCCC[C@@H](C)NC(=O)COC(=O)c1ccc2c(c1)nc(C)c(=O)n2CC. The van der Waals surface area contributed by atoms with E-state index >= 15 is 0 Å². The van der Waals surface area contributed by atoms with Crippen molar-refractivity contribution >= 4 is 22.9 Å². The first-order valence-electron chi connectivity index (χ1n) is 9.85. The lowest BCUT2D eigenvalue weighted by molar-refractivity contribution is -0.124. The number of nitrogens with one attached hydrogen (secondary N) is 1. The number of carbonyl (C=O) groups excluding carboxylic acids is 2. The molecule has 152 valence electrons. The molecule has 0 bridgehead atoms. The quantitative estimate of drug-likeness (QED) is 0.528. The van der Waals surface area contributed by atoms with Gasteiger partial charge in [-0.15, -0.1) is 0 Å². The molecule has 0 aliphatic heterocycles. The molecule has 0 unspecified atom stereocenters. The van der Waals surface area contributed by atoms with E-state index in [1.54, 1.807) is 29.7 Å². The van der Waals surface area contributed by atoms with Crippen LogP contribution in [-0.2, 0) is 16.1 Å². The third-order valence-electron chi connectivity index (χ3n) is 4.64. The minimum absolute atomic E-state index is 0.0522. The van der Waals surface area contributed by atoms with Crippen molar-refractivity contribution in [3.63, 3.8) is 0 Å². The Kier molecular flexibility index (Phi) is 7.72. The smallest absolute Gasteiger partial charge is 0.338 e. The van der Waals surface area contributed by atoms with Gasteiger partial charge in [0.2, 0.25) is 0 Å². The Labute approximate surface area is 165 Å². The maximum absolute atomic E-state index is 12.3. The van der Waals surface area contributed by atoms with Crippen molar-refractivity contribution in [2.24, 2.45) is 0 Å². The largest absolute Gasteiger partial charge is 0.452 e. The first-order valence-corrected chi connectivity index (χ1v) is 9.85. The molecule has 0 aliphatic rings. The molecule has 1 atom stereocenters. The van der Waals surface area contributed by atoms with E-state index in [9.17, 15) is 14.4 Å². The molecule has 2 aromatic rings. The number of fused-ring (bicyclic) bond motifs is 1. The lowest BCUT2D eigenvalue weighted by Crippen LogP contribution is -2.35. The van der Waals surface area contributed by atoms with Crippen LogP contribution in [0.4, 0.5) is 0 Å². The van der Waals surface area contributed by atoms with Crippen LogP contribution in [0.2, 0.25) is 0 Å². The molecule has 1 aromatic heterocycles. The lowest BCUT2D eigenvalue weighted by Gasteiger charge is -2.14. The van der Waals surface area contributed by atoms with Gasteiger partial charge in [-0.2, -0.15) is 0 Å². The highest BCUT2D eigenvalue weighted by Gasteiger charge is 2.14. The highest BCUT2D eigenvalue weighted by molar-refractivity contribution is 5.94. The zero-order valence-corrected chi connectivity index (χ0v) is 17.1. The minimum Gasteiger partial charge on any atom is -0.452 e. The topological polar surface area (TPSA) is 90.3 Å². The molecule has 2 rings (SSSR count). The van der Waals surface area contributed by atoms with Crippen LogP contribution in [0.25, 0.3) is 11.0 Å². The van der Waals surface area contributed by atoms with Gasteiger partial charge in [-0.1, -0.05) is 26.2 Å². The summed E-state index contributed by atoms with van der Waals surface area (Å²) >= 11 is 0. The molecule has 1 heterocycles. The van der Waals surface area contributed by atoms with Crippen LogP contribution in [0, 0.1) is 6.92 Å². The van der Waals surface area contributed by atoms with Gasteiger partial charge >= 0.3 is 5.97 Å². The second-order valence-electron chi connectivity index (χ2n) is 6.99. The Bertz CT molecular complexity index is 904. The summed E-state index contributed by atoms with van der Waals surface area (Å²) in [5, 5.41) is 2.84. The van der Waals surface area contributed by atoms with E-state index in [-0.39, 0.29) is 24.1 Å². The van der Waals surface area contributed by atoms with Crippen molar-refractivity contribution in [1.29, 1.82) is 0 Å². The number of rotatable bonds is 9. The molecule has 1 N–H and O–H groups in total. The summed E-state index contributed by atoms with van der Waals surface area (Å²) in [4.78, 5) is 40.7. The fourth-order valence-electron chi connectivity index (χ4n) is 3.12. The normalized spacial score (nSPS) is 12.0. The third kappa shape index (κ3) is 5.41. The van der Waals surface area contributed by atoms with Gasteiger partial charge in [0.15, 0.2) is 6.61 Å². The zero-order chi connectivity index (χ0) is 20.7. The number of carbonyl (C=O) groups is 2. The maximum Gasteiger partial charge on any atom is 0.338 e. The molecule has 0 spiro atoms. The summed E-state index contributed by atoms with van der Waals surface area (Å²) in [7, 11) is 0. The van der Waals surface area contributed by atoms with Crippen molar-refractivity contribution in [2.75, 3.05) is 6.61 Å². The monoisotopic (exact) mass is 387 g/mol. The van der Waals surface area contributed by atoms with Crippen molar-refractivity contribution in [2.45, 2.75) is 66.0 Å². The molecule has 7 heteroatoms. The van der Waals surface area contributed by atoms with Crippen LogP contribution in [0.15, 0.2) is 23.0 Å². The molecule has 0 aliphatic carbocycles. The van der Waals surface area contributed by atoms with E-state index in [2.05, 4.69) is 17.2 Å². The summed E-state index contributed by atoms with van der Waals surface area (Å²) in [5.41, 5.74) is 1.73. The molecule has 1 aromatic carbocycles. The van der Waals surface area contributed by atoms with Crippen LogP contribution in [-0.4, -0.2) is 34.1 Å². The number of esters is 1. The first kappa shape index (κ1) is 21.6. The highest BCUT2D eigenvalue weighted by atomic mass is 16.5. The number of aromatic nitrogens is 2. The van der Waals surface area contributed by atoms with Gasteiger partial charge in [-0.3, -0.25) is 9.59 Å². The molecule has 0 radical (unpaired) electrons. The number of hydrogen-bond donors (Lipinski definition) is 1. The summed E-state index contributed by atoms with van der Waals surface area (Å²) in [5.74, 6) is -0.906. The van der Waals surface area contributed by atoms with Crippen LogP contribution in [0.5, 0.6) is 0 Å². The molecule has 0 saturated carbocycles. The summed E-state index contributed by atoms with van der Waals surface area (Å²) in [6, 6.07) is 4.90. The molecule has 7 nitrogen and oxygen atoms in total. The van der Waals surface area contributed by atoms with Gasteiger partial charge in [-0.25, -0.2) is 9.78 Å². The Balaban J connectivity index is 2.01. The van der Waals surface area contributed by atoms with Crippen molar-refractivity contribution < 1.29 is 14.3 Å². The molecule has 0 saturated heterocycles. The van der Waals surface area contributed by atoms with Crippen LogP contribution in [0.3, 0.4) is 0 Å². The van der Waals surface area contributed by atoms with Gasteiger partial charge in [-0.05, 0) is 45.4 Å². The van der Waals surface area contributed by atoms with Gasteiger partial charge in [0.25, 0.3) is 11.5 Å². The predicted molar refractivity (Wildman–Crippen MR) is 108 cm³/mol. The average molecular weight is 387 g/mol. The average Bonchev–Trinajstić information content (AvgIpc) is 2.67. The van der Waals surface area contributed by atoms with Gasteiger partial charge in [0.1, 0.15) is 5.69 Å². The second-order valence-corrected chi connectivity index (χ2v) is 6.99. The fraction of sp³-hybridized carbons (Fsp3) is 0.524.